The highest BCUT2D eigenvalue weighted by Crippen LogP contribution is 2.74. The van der Waals surface area contributed by atoms with E-state index in [1.807, 2.05) is 0 Å². The van der Waals surface area contributed by atoms with Crippen molar-refractivity contribution in [3.63, 3.8) is 0 Å². The van der Waals surface area contributed by atoms with Crippen molar-refractivity contribution in [1.29, 1.82) is 0 Å². The maximum atomic E-state index is 10.8. The Morgan fingerprint density at radius 1 is 1.03 bits per heavy atom. The maximum Gasteiger partial charge on any atom is 0.0628 e. The first-order valence-electron chi connectivity index (χ1n) is 13.4. The molecule has 1 N–H and O–H groups in total. The van der Waals surface area contributed by atoms with E-state index in [1.165, 1.54) is 56.9 Å². The van der Waals surface area contributed by atoms with Gasteiger partial charge in [-0.2, -0.15) is 0 Å². The van der Waals surface area contributed by atoms with E-state index in [1.54, 1.807) is 5.57 Å². The van der Waals surface area contributed by atoms with Crippen molar-refractivity contribution in [2.45, 2.75) is 119 Å². The summed E-state index contributed by atoms with van der Waals surface area (Å²) >= 11 is 0. The smallest absolute Gasteiger partial charge is 0.0628 e. The number of rotatable bonds is 4. The summed E-state index contributed by atoms with van der Waals surface area (Å²) in [4.78, 5) is 0. The maximum absolute atomic E-state index is 10.8. The standard InChI is InChI=1S/C30H50O/c1-20(2)10-9-11-21(3)22-16-17-30(8)25-14-12-23-24(13-15-26(31)27(23,4)5)28(25,6)18-19-29(22,30)7/h10,12,21-22,24-26,31H,9,11,13-19H2,1-8H3/t21-,22+,24?,25?,26+,28?,29?,30?/m1/s1. The fourth-order valence-electron chi connectivity index (χ4n) is 9.47. The van der Waals surface area contributed by atoms with Crippen LogP contribution in [0.15, 0.2) is 23.3 Å². The van der Waals surface area contributed by atoms with E-state index in [2.05, 4.69) is 67.5 Å². The highest BCUT2D eigenvalue weighted by atomic mass is 16.3. The fraction of sp³-hybridized carbons (Fsp3) is 0.867. The van der Waals surface area contributed by atoms with E-state index in [-0.39, 0.29) is 11.5 Å². The molecule has 0 bridgehead atoms. The molecule has 0 aromatic carbocycles. The van der Waals surface area contributed by atoms with E-state index in [4.69, 9.17) is 0 Å². The van der Waals surface area contributed by atoms with Crippen LogP contribution in [-0.4, -0.2) is 11.2 Å². The number of aliphatic hydroxyl groups excluding tert-OH is 1. The van der Waals surface area contributed by atoms with Crippen LogP contribution < -0.4 is 0 Å². The summed E-state index contributed by atoms with van der Waals surface area (Å²) in [6.45, 7) is 19.7. The van der Waals surface area contributed by atoms with E-state index in [0.717, 1.165) is 24.2 Å². The molecule has 176 valence electrons. The molecule has 0 aromatic rings. The molecule has 0 amide bonds. The molecule has 0 saturated heterocycles. The van der Waals surface area contributed by atoms with Crippen LogP contribution in [-0.2, 0) is 0 Å². The van der Waals surface area contributed by atoms with Gasteiger partial charge in [0.15, 0.2) is 0 Å². The first-order valence-corrected chi connectivity index (χ1v) is 13.4. The van der Waals surface area contributed by atoms with Gasteiger partial charge in [0.25, 0.3) is 0 Å². The lowest BCUT2D eigenvalue weighted by Gasteiger charge is -2.66. The molecule has 3 fully saturated rings. The second-order valence-corrected chi connectivity index (χ2v) is 13.6. The Labute approximate surface area is 193 Å². The molecular formula is C30H50O. The van der Waals surface area contributed by atoms with Crippen LogP contribution in [0, 0.1) is 45.3 Å². The molecular weight excluding hydrogens is 376 g/mol. The van der Waals surface area contributed by atoms with Crippen LogP contribution in [0.5, 0.6) is 0 Å². The van der Waals surface area contributed by atoms with E-state index in [0.29, 0.717) is 22.2 Å². The number of aliphatic hydroxyl groups is 1. The summed E-state index contributed by atoms with van der Waals surface area (Å²) in [5, 5.41) is 10.8. The summed E-state index contributed by atoms with van der Waals surface area (Å²) in [6.07, 6.45) is 16.5. The van der Waals surface area contributed by atoms with E-state index in [9.17, 15) is 5.11 Å². The van der Waals surface area contributed by atoms with Crippen molar-refractivity contribution in [3.8, 4) is 0 Å². The number of hydrogen-bond donors (Lipinski definition) is 1. The Morgan fingerprint density at radius 3 is 2.42 bits per heavy atom. The van der Waals surface area contributed by atoms with E-state index >= 15 is 0 Å². The van der Waals surface area contributed by atoms with Gasteiger partial charge in [0.1, 0.15) is 0 Å². The predicted octanol–water partition coefficient (Wildman–Crippen LogP) is 8.34. The second-order valence-electron chi connectivity index (χ2n) is 13.6. The van der Waals surface area contributed by atoms with Crippen LogP contribution in [0.1, 0.15) is 113 Å². The Bertz CT molecular complexity index is 754. The lowest BCUT2D eigenvalue weighted by Crippen LogP contribution is -2.59. The molecule has 1 heteroatoms. The lowest BCUT2D eigenvalue weighted by atomic mass is 9.39. The molecule has 3 saturated carbocycles. The van der Waals surface area contributed by atoms with Crippen molar-refractivity contribution < 1.29 is 5.11 Å². The Balaban J connectivity index is 1.62. The van der Waals surface area contributed by atoms with E-state index < -0.39 is 0 Å². The summed E-state index contributed by atoms with van der Waals surface area (Å²) in [6, 6.07) is 0. The fourth-order valence-corrected chi connectivity index (χ4v) is 9.47. The average molecular weight is 427 g/mol. The van der Waals surface area contributed by atoms with Crippen LogP contribution in [0.2, 0.25) is 0 Å². The molecule has 1 nitrogen and oxygen atoms in total. The van der Waals surface area contributed by atoms with Crippen molar-refractivity contribution in [3.05, 3.63) is 23.3 Å². The third kappa shape index (κ3) is 3.34. The van der Waals surface area contributed by atoms with Crippen molar-refractivity contribution >= 4 is 0 Å². The second kappa shape index (κ2) is 7.75. The van der Waals surface area contributed by atoms with Gasteiger partial charge in [-0.15, -0.1) is 0 Å². The minimum Gasteiger partial charge on any atom is -0.392 e. The quantitative estimate of drug-likeness (QED) is 0.448. The lowest BCUT2D eigenvalue weighted by molar-refractivity contribution is -0.145. The third-order valence-corrected chi connectivity index (χ3v) is 11.8. The van der Waals surface area contributed by atoms with Gasteiger partial charge in [-0.05, 0) is 112 Å². The van der Waals surface area contributed by atoms with Crippen LogP contribution in [0.3, 0.4) is 0 Å². The molecule has 0 radical (unpaired) electrons. The molecule has 31 heavy (non-hydrogen) atoms. The summed E-state index contributed by atoms with van der Waals surface area (Å²) in [5.74, 6) is 3.18. The average Bonchev–Trinajstić information content (AvgIpc) is 2.96. The number of hydrogen-bond acceptors (Lipinski definition) is 1. The molecule has 4 aliphatic rings. The molecule has 8 atom stereocenters. The van der Waals surface area contributed by atoms with Crippen LogP contribution in [0.25, 0.3) is 0 Å². The Kier molecular flexibility index (Phi) is 5.90. The molecule has 0 aliphatic heterocycles. The summed E-state index contributed by atoms with van der Waals surface area (Å²) in [5.41, 5.74) is 4.37. The zero-order valence-electron chi connectivity index (χ0n) is 21.9. The molecule has 0 aromatic heterocycles. The monoisotopic (exact) mass is 426 g/mol. The summed E-state index contributed by atoms with van der Waals surface area (Å²) < 4.78 is 0. The van der Waals surface area contributed by atoms with Gasteiger partial charge in [-0.1, -0.05) is 64.8 Å². The molecule has 5 unspecified atom stereocenters. The molecule has 0 spiro atoms. The Morgan fingerprint density at radius 2 is 1.74 bits per heavy atom. The van der Waals surface area contributed by atoms with Gasteiger partial charge >= 0.3 is 0 Å². The predicted molar refractivity (Wildman–Crippen MR) is 133 cm³/mol. The van der Waals surface area contributed by atoms with Crippen LogP contribution in [0.4, 0.5) is 0 Å². The molecule has 4 aliphatic carbocycles. The van der Waals surface area contributed by atoms with Gasteiger partial charge in [-0.3, -0.25) is 0 Å². The Hall–Kier alpha value is -0.560. The molecule has 0 heterocycles. The van der Waals surface area contributed by atoms with Gasteiger partial charge in [0, 0.05) is 5.41 Å². The van der Waals surface area contributed by atoms with Crippen molar-refractivity contribution in [1.82, 2.24) is 0 Å². The van der Waals surface area contributed by atoms with Gasteiger partial charge in [-0.25, -0.2) is 0 Å². The number of allylic oxidation sites excluding steroid dienone is 3. The molecule has 4 rings (SSSR count). The third-order valence-electron chi connectivity index (χ3n) is 11.8. The zero-order valence-corrected chi connectivity index (χ0v) is 21.9. The minimum absolute atomic E-state index is 0.0454. The van der Waals surface area contributed by atoms with Crippen molar-refractivity contribution in [2.75, 3.05) is 0 Å². The largest absolute Gasteiger partial charge is 0.392 e. The first kappa shape index (κ1) is 23.6. The first-order chi connectivity index (χ1) is 14.4. The zero-order chi connectivity index (χ0) is 22.8. The summed E-state index contributed by atoms with van der Waals surface area (Å²) in [7, 11) is 0. The highest BCUT2D eigenvalue weighted by molar-refractivity contribution is 5.30. The topological polar surface area (TPSA) is 20.2 Å². The SMILES string of the molecule is CC(C)=CCC[C@@H](C)[C@@H]1CCC2(C)C3CC=C4C(CC[C@H](O)C4(C)C)C3(C)CCC12C. The normalized spacial score (nSPS) is 46.9. The number of fused-ring (bicyclic) bond motifs is 5. The van der Waals surface area contributed by atoms with Gasteiger partial charge < -0.3 is 5.11 Å². The highest BCUT2D eigenvalue weighted by Gasteiger charge is 2.67. The van der Waals surface area contributed by atoms with Crippen molar-refractivity contribution in [2.24, 2.45) is 45.3 Å². The minimum atomic E-state index is -0.169. The van der Waals surface area contributed by atoms with Gasteiger partial charge in [0.05, 0.1) is 6.10 Å². The van der Waals surface area contributed by atoms with Gasteiger partial charge in [0.2, 0.25) is 0 Å². The van der Waals surface area contributed by atoms with Crippen LogP contribution >= 0.6 is 0 Å².